The van der Waals surface area contributed by atoms with Crippen molar-refractivity contribution in [1.29, 1.82) is 0 Å². The third-order valence-electron chi connectivity index (χ3n) is 4.04. The van der Waals surface area contributed by atoms with Crippen LogP contribution in [0.1, 0.15) is 25.7 Å². The molecule has 0 saturated carbocycles. The number of rotatable bonds is 2. The van der Waals surface area contributed by atoms with Crippen molar-refractivity contribution in [2.75, 3.05) is 19.8 Å². The van der Waals surface area contributed by atoms with Crippen LogP contribution in [0.4, 0.5) is 4.39 Å². The molecule has 2 aliphatic heterocycles. The van der Waals surface area contributed by atoms with Gasteiger partial charge in [-0.05, 0) is 40.9 Å². The Balaban J connectivity index is 1.69. The minimum Gasteiger partial charge on any atom is -0.489 e. The summed E-state index contributed by atoms with van der Waals surface area (Å²) >= 11 is 3.40. The summed E-state index contributed by atoms with van der Waals surface area (Å²) in [5, 5.41) is 0. The first-order valence-electron chi connectivity index (χ1n) is 7.00. The van der Waals surface area contributed by atoms with Crippen molar-refractivity contribution >= 4 is 15.9 Å². The molecule has 1 spiro atoms. The van der Waals surface area contributed by atoms with Crippen LogP contribution in [0.3, 0.4) is 0 Å². The lowest BCUT2D eigenvalue weighted by atomic mass is 9.85. The van der Waals surface area contributed by atoms with Gasteiger partial charge in [0.1, 0.15) is 17.7 Å². The molecule has 0 aromatic heterocycles. The number of hydrogen-bond acceptors (Lipinski definition) is 3. The van der Waals surface area contributed by atoms with Gasteiger partial charge in [0.15, 0.2) is 0 Å². The van der Waals surface area contributed by atoms with Crippen molar-refractivity contribution in [3.8, 4) is 5.75 Å². The van der Waals surface area contributed by atoms with Gasteiger partial charge in [0, 0.05) is 32.1 Å². The van der Waals surface area contributed by atoms with Crippen LogP contribution in [0.25, 0.3) is 0 Å². The number of benzene rings is 1. The van der Waals surface area contributed by atoms with Crippen LogP contribution >= 0.6 is 15.9 Å². The topological polar surface area (TPSA) is 27.7 Å². The average molecular weight is 345 g/mol. The summed E-state index contributed by atoms with van der Waals surface area (Å²) in [6.07, 6.45) is 3.58. The van der Waals surface area contributed by atoms with Gasteiger partial charge in [-0.25, -0.2) is 4.39 Å². The highest BCUT2D eigenvalue weighted by molar-refractivity contribution is 9.10. The van der Waals surface area contributed by atoms with Crippen LogP contribution < -0.4 is 4.74 Å². The predicted octanol–water partition coefficient (Wildman–Crippen LogP) is 3.70. The third-order valence-corrected chi connectivity index (χ3v) is 4.69. The molecule has 0 amide bonds. The van der Waals surface area contributed by atoms with Gasteiger partial charge < -0.3 is 14.2 Å². The summed E-state index contributed by atoms with van der Waals surface area (Å²) < 4.78 is 31.5. The summed E-state index contributed by atoms with van der Waals surface area (Å²) in [6, 6.07) is 4.52. The Morgan fingerprint density at radius 2 is 2.05 bits per heavy atom. The number of ether oxygens (including phenoxy) is 3. The zero-order valence-electron chi connectivity index (χ0n) is 11.2. The molecule has 3 nitrogen and oxygen atoms in total. The summed E-state index contributed by atoms with van der Waals surface area (Å²) in [4.78, 5) is 0. The highest BCUT2D eigenvalue weighted by Crippen LogP contribution is 2.37. The zero-order chi connectivity index (χ0) is 14.0. The molecule has 0 radical (unpaired) electrons. The third kappa shape index (κ3) is 3.15. The minimum atomic E-state index is -0.281. The van der Waals surface area contributed by atoms with E-state index in [0.717, 1.165) is 43.4 Å². The van der Waals surface area contributed by atoms with Crippen molar-refractivity contribution in [3.05, 3.63) is 28.5 Å². The Kier molecular flexibility index (Phi) is 4.29. The van der Waals surface area contributed by atoms with Crippen molar-refractivity contribution in [1.82, 2.24) is 0 Å². The van der Waals surface area contributed by atoms with Crippen LogP contribution in [0, 0.1) is 5.82 Å². The summed E-state index contributed by atoms with van der Waals surface area (Å²) in [7, 11) is 0. The molecular weight excluding hydrogens is 327 g/mol. The molecule has 2 aliphatic rings. The molecule has 3 rings (SSSR count). The van der Waals surface area contributed by atoms with E-state index < -0.39 is 0 Å². The molecule has 5 heteroatoms. The van der Waals surface area contributed by atoms with Crippen LogP contribution in [0.2, 0.25) is 0 Å². The highest BCUT2D eigenvalue weighted by atomic mass is 79.9. The summed E-state index contributed by atoms with van der Waals surface area (Å²) in [5.74, 6) is 0.287. The molecule has 0 aliphatic carbocycles. The summed E-state index contributed by atoms with van der Waals surface area (Å²) in [5.41, 5.74) is -0.110. The second-order valence-corrected chi connectivity index (χ2v) is 6.31. The monoisotopic (exact) mass is 344 g/mol. The predicted molar refractivity (Wildman–Crippen MR) is 76.5 cm³/mol. The second kappa shape index (κ2) is 6.00. The van der Waals surface area contributed by atoms with Gasteiger partial charge in [-0.3, -0.25) is 0 Å². The molecule has 2 fully saturated rings. The van der Waals surface area contributed by atoms with Crippen LogP contribution in [-0.4, -0.2) is 31.5 Å². The van der Waals surface area contributed by atoms with E-state index >= 15 is 0 Å². The molecule has 0 N–H and O–H groups in total. The van der Waals surface area contributed by atoms with Crippen molar-refractivity contribution in [3.63, 3.8) is 0 Å². The fraction of sp³-hybridized carbons (Fsp3) is 0.600. The van der Waals surface area contributed by atoms with Gasteiger partial charge in [0.2, 0.25) is 0 Å². The van der Waals surface area contributed by atoms with Crippen molar-refractivity contribution < 1.29 is 18.6 Å². The fourth-order valence-corrected chi connectivity index (χ4v) is 3.26. The highest BCUT2D eigenvalue weighted by Gasteiger charge is 2.40. The van der Waals surface area contributed by atoms with Crippen LogP contribution in [0.5, 0.6) is 5.75 Å². The Morgan fingerprint density at radius 1 is 1.25 bits per heavy atom. The molecule has 2 heterocycles. The summed E-state index contributed by atoms with van der Waals surface area (Å²) in [6.45, 7) is 2.18. The minimum absolute atomic E-state index is 0.0694. The molecule has 110 valence electrons. The van der Waals surface area contributed by atoms with E-state index in [2.05, 4.69) is 15.9 Å². The first-order chi connectivity index (χ1) is 9.67. The van der Waals surface area contributed by atoms with Gasteiger partial charge in [-0.1, -0.05) is 0 Å². The Labute approximate surface area is 126 Å². The van der Waals surface area contributed by atoms with E-state index in [1.165, 1.54) is 12.1 Å². The normalized spacial score (nSPS) is 25.6. The Bertz CT molecular complexity index is 469. The van der Waals surface area contributed by atoms with Gasteiger partial charge >= 0.3 is 0 Å². The molecule has 1 atom stereocenters. The second-order valence-electron chi connectivity index (χ2n) is 5.45. The smallest absolute Gasteiger partial charge is 0.136 e. The Hall–Kier alpha value is -0.650. The molecule has 0 bridgehead atoms. The van der Waals surface area contributed by atoms with Gasteiger partial charge in [-0.2, -0.15) is 0 Å². The van der Waals surface area contributed by atoms with E-state index in [0.29, 0.717) is 12.4 Å². The van der Waals surface area contributed by atoms with E-state index in [4.69, 9.17) is 14.2 Å². The quantitative estimate of drug-likeness (QED) is 0.818. The van der Waals surface area contributed by atoms with Gasteiger partial charge in [0.25, 0.3) is 0 Å². The van der Waals surface area contributed by atoms with Gasteiger partial charge in [-0.15, -0.1) is 0 Å². The molecule has 1 unspecified atom stereocenters. The maximum Gasteiger partial charge on any atom is 0.136 e. The number of halogens is 2. The van der Waals surface area contributed by atoms with Crippen molar-refractivity contribution in [2.45, 2.75) is 37.4 Å². The van der Waals surface area contributed by atoms with E-state index in [1.807, 2.05) is 0 Å². The lowest BCUT2D eigenvalue weighted by Gasteiger charge is -2.43. The maximum absolute atomic E-state index is 13.3. The standard InChI is InChI=1S/C15H18BrFO3/c16-13-2-1-11(17)9-14(13)20-12-3-6-19-15(10-12)4-7-18-8-5-15/h1-2,9,12H,3-8,10H2. The van der Waals surface area contributed by atoms with Crippen molar-refractivity contribution in [2.24, 2.45) is 0 Å². The first-order valence-corrected chi connectivity index (χ1v) is 7.80. The largest absolute Gasteiger partial charge is 0.489 e. The lowest BCUT2D eigenvalue weighted by Crippen LogP contribution is -2.47. The average Bonchev–Trinajstić information content (AvgIpc) is 2.44. The van der Waals surface area contributed by atoms with E-state index in [1.54, 1.807) is 6.07 Å². The van der Waals surface area contributed by atoms with E-state index in [-0.39, 0.29) is 17.5 Å². The van der Waals surface area contributed by atoms with Crippen LogP contribution in [-0.2, 0) is 9.47 Å². The molecule has 1 aromatic rings. The SMILES string of the molecule is Fc1ccc(Br)c(OC2CCOC3(CCOCC3)C2)c1. The maximum atomic E-state index is 13.3. The molecule has 1 aromatic carbocycles. The zero-order valence-corrected chi connectivity index (χ0v) is 12.8. The van der Waals surface area contributed by atoms with E-state index in [9.17, 15) is 4.39 Å². The molecule has 2 saturated heterocycles. The molecule has 20 heavy (non-hydrogen) atoms. The molecular formula is C15H18BrFO3. The van der Waals surface area contributed by atoms with Crippen LogP contribution in [0.15, 0.2) is 22.7 Å². The Morgan fingerprint density at radius 3 is 2.85 bits per heavy atom. The van der Waals surface area contributed by atoms with Gasteiger partial charge in [0.05, 0.1) is 16.7 Å². The number of hydrogen-bond donors (Lipinski definition) is 0. The lowest BCUT2D eigenvalue weighted by molar-refractivity contribution is -0.155. The fourth-order valence-electron chi connectivity index (χ4n) is 2.92. The first kappa shape index (κ1) is 14.3.